The zero-order valence-corrected chi connectivity index (χ0v) is 19.5. The number of nitrogens with zero attached hydrogens (tertiary/aromatic N) is 2. The molecule has 31 heavy (non-hydrogen) atoms. The first-order valence-corrected chi connectivity index (χ1v) is 11.4. The number of pyridine rings is 1. The van der Waals surface area contributed by atoms with Gasteiger partial charge in [0.25, 0.3) is 5.91 Å². The molecule has 1 fully saturated rings. The fourth-order valence-corrected chi connectivity index (χ4v) is 4.52. The second-order valence-corrected chi connectivity index (χ2v) is 9.06. The molecule has 1 aliphatic heterocycles. The predicted octanol–water partition coefficient (Wildman–Crippen LogP) is 7.05. The summed E-state index contributed by atoms with van der Waals surface area (Å²) in [6, 6.07) is 14.1. The minimum absolute atomic E-state index is 0.130. The third-order valence-corrected chi connectivity index (χ3v) is 6.67. The standard InChI is InChI=1S/C23H19BrCl2FN3O/c24-16-2-1-3-18(12-16)29-21-19(13-28-22(26)20(21)25)23(31)30-10-8-15(9-11-30)14-4-6-17(27)7-5-14/h1-7,12-13,15H,8-11H2,(H,28,29). The maximum absolute atomic E-state index is 13.3. The van der Waals surface area contributed by atoms with Crippen LogP contribution in [-0.2, 0) is 0 Å². The van der Waals surface area contributed by atoms with Crippen LogP contribution in [0, 0.1) is 5.82 Å². The Morgan fingerprint density at radius 1 is 1.13 bits per heavy atom. The average molecular weight is 523 g/mol. The number of benzene rings is 2. The maximum Gasteiger partial charge on any atom is 0.257 e. The first kappa shape index (κ1) is 22.1. The number of amides is 1. The number of piperidine rings is 1. The van der Waals surface area contributed by atoms with E-state index in [-0.39, 0.29) is 21.9 Å². The summed E-state index contributed by atoms with van der Waals surface area (Å²) in [6.07, 6.45) is 3.07. The molecule has 0 spiro atoms. The number of rotatable bonds is 4. The van der Waals surface area contributed by atoms with Crippen molar-refractivity contribution in [1.82, 2.24) is 9.88 Å². The number of hydrogen-bond donors (Lipinski definition) is 1. The fraction of sp³-hybridized carbons (Fsp3) is 0.217. The van der Waals surface area contributed by atoms with Gasteiger partial charge in [-0.05, 0) is 54.7 Å². The van der Waals surface area contributed by atoms with Crippen LogP contribution in [0.3, 0.4) is 0 Å². The Balaban J connectivity index is 1.53. The summed E-state index contributed by atoms with van der Waals surface area (Å²) in [5.41, 5.74) is 2.67. The van der Waals surface area contributed by atoms with Gasteiger partial charge in [-0.2, -0.15) is 0 Å². The van der Waals surface area contributed by atoms with Gasteiger partial charge in [0.1, 0.15) is 16.0 Å². The molecule has 0 atom stereocenters. The molecule has 1 aromatic heterocycles. The van der Waals surface area contributed by atoms with Crippen molar-refractivity contribution in [1.29, 1.82) is 0 Å². The number of carbonyl (C=O) groups excluding carboxylic acids is 1. The van der Waals surface area contributed by atoms with E-state index in [1.807, 2.05) is 36.4 Å². The van der Waals surface area contributed by atoms with E-state index in [2.05, 4.69) is 26.2 Å². The number of likely N-dealkylation sites (tertiary alicyclic amines) is 1. The zero-order chi connectivity index (χ0) is 22.0. The van der Waals surface area contributed by atoms with Crippen molar-refractivity contribution in [3.63, 3.8) is 0 Å². The minimum atomic E-state index is -0.242. The first-order chi connectivity index (χ1) is 14.9. The van der Waals surface area contributed by atoms with Crippen molar-refractivity contribution >= 4 is 56.4 Å². The van der Waals surface area contributed by atoms with E-state index in [4.69, 9.17) is 23.2 Å². The summed E-state index contributed by atoms with van der Waals surface area (Å²) in [4.78, 5) is 19.2. The van der Waals surface area contributed by atoms with Crippen molar-refractivity contribution in [3.8, 4) is 0 Å². The van der Waals surface area contributed by atoms with Crippen LogP contribution in [0.25, 0.3) is 0 Å². The van der Waals surface area contributed by atoms with Gasteiger partial charge in [0.15, 0.2) is 0 Å². The van der Waals surface area contributed by atoms with Crippen LogP contribution in [0.1, 0.15) is 34.7 Å². The molecule has 160 valence electrons. The van der Waals surface area contributed by atoms with E-state index in [1.54, 1.807) is 4.90 Å². The molecule has 4 nitrogen and oxygen atoms in total. The third-order valence-electron chi connectivity index (χ3n) is 5.42. The SMILES string of the molecule is O=C(c1cnc(Cl)c(Cl)c1Nc1cccc(Br)c1)N1CCC(c2ccc(F)cc2)CC1. The largest absolute Gasteiger partial charge is 0.353 e. The summed E-state index contributed by atoms with van der Waals surface area (Å²) < 4.78 is 14.1. The lowest BCUT2D eigenvalue weighted by atomic mass is 9.89. The molecule has 2 heterocycles. The second-order valence-electron chi connectivity index (χ2n) is 7.41. The molecule has 1 saturated heterocycles. The summed E-state index contributed by atoms with van der Waals surface area (Å²) in [6.45, 7) is 1.19. The van der Waals surface area contributed by atoms with Crippen LogP contribution in [0.4, 0.5) is 15.8 Å². The molecule has 0 bridgehead atoms. The van der Waals surface area contributed by atoms with Gasteiger partial charge in [0.2, 0.25) is 0 Å². The molecule has 0 aliphatic carbocycles. The topological polar surface area (TPSA) is 45.2 Å². The normalized spacial score (nSPS) is 14.5. The molecule has 1 amide bonds. The van der Waals surface area contributed by atoms with Crippen LogP contribution in [0.2, 0.25) is 10.2 Å². The molecule has 0 unspecified atom stereocenters. The number of hydrogen-bond acceptors (Lipinski definition) is 3. The molecule has 0 radical (unpaired) electrons. The van der Waals surface area contributed by atoms with Gasteiger partial charge < -0.3 is 10.2 Å². The zero-order valence-electron chi connectivity index (χ0n) is 16.4. The Bertz CT molecular complexity index is 1100. The number of aromatic nitrogens is 1. The predicted molar refractivity (Wildman–Crippen MR) is 126 cm³/mol. The molecule has 0 saturated carbocycles. The third kappa shape index (κ3) is 5.03. The summed E-state index contributed by atoms with van der Waals surface area (Å²) in [5.74, 6) is -0.0917. The van der Waals surface area contributed by atoms with Crippen molar-refractivity contribution in [2.24, 2.45) is 0 Å². The van der Waals surface area contributed by atoms with E-state index in [1.165, 1.54) is 18.3 Å². The van der Waals surface area contributed by atoms with Crippen LogP contribution >= 0.6 is 39.1 Å². The molecule has 1 N–H and O–H groups in total. The monoisotopic (exact) mass is 521 g/mol. The molecule has 2 aromatic carbocycles. The average Bonchev–Trinajstić information content (AvgIpc) is 2.77. The Kier molecular flexibility index (Phi) is 6.80. The Morgan fingerprint density at radius 2 is 1.84 bits per heavy atom. The highest BCUT2D eigenvalue weighted by molar-refractivity contribution is 9.10. The summed E-state index contributed by atoms with van der Waals surface area (Å²) in [5, 5.41) is 3.55. The van der Waals surface area contributed by atoms with Gasteiger partial charge in [0.05, 0.1) is 11.3 Å². The number of nitrogens with one attached hydrogen (secondary N) is 1. The van der Waals surface area contributed by atoms with Gasteiger partial charge in [-0.1, -0.05) is 57.3 Å². The van der Waals surface area contributed by atoms with Gasteiger partial charge in [-0.25, -0.2) is 9.37 Å². The number of carbonyl (C=O) groups is 1. The molecule has 3 aromatic rings. The summed E-state index contributed by atoms with van der Waals surface area (Å²) >= 11 is 16.0. The highest BCUT2D eigenvalue weighted by Crippen LogP contribution is 2.36. The molecular formula is C23H19BrCl2FN3O. The van der Waals surface area contributed by atoms with Gasteiger partial charge in [-0.15, -0.1) is 0 Å². The quantitative estimate of drug-likeness (QED) is 0.373. The second kappa shape index (κ2) is 9.55. The number of halogens is 4. The van der Waals surface area contributed by atoms with E-state index >= 15 is 0 Å². The lowest BCUT2D eigenvalue weighted by Gasteiger charge is -2.32. The van der Waals surface area contributed by atoms with Crippen LogP contribution in [0.15, 0.2) is 59.2 Å². The van der Waals surface area contributed by atoms with Gasteiger partial charge >= 0.3 is 0 Å². The molecule has 1 aliphatic rings. The van der Waals surface area contributed by atoms with Gasteiger partial charge in [-0.3, -0.25) is 4.79 Å². The summed E-state index contributed by atoms with van der Waals surface area (Å²) in [7, 11) is 0. The molecule has 8 heteroatoms. The smallest absolute Gasteiger partial charge is 0.257 e. The van der Waals surface area contributed by atoms with E-state index in [0.717, 1.165) is 28.6 Å². The fourth-order valence-electron chi connectivity index (χ4n) is 3.78. The molecular weight excluding hydrogens is 504 g/mol. The van der Waals surface area contributed by atoms with Crippen LogP contribution in [-0.4, -0.2) is 28.9 Å². The van der Waals surface area contributed by atoms with Gasteiger partial charge in [0, 0.05) is 29.4 Å². The number of anilines is 2. The minimum Gasteiger partial charge on any atom is -0.353 e. The Labute approximate surface area is 198 Å². The Hall–Kier alpha value is -2.15. The lowest BCUT2D eigenvalue weighted by Crippen LogP contribution is -2.38. The van der Waals surface area contributed by atoms with Crippen molar-refractivity contribution < 1.29 is 9.18 Å². The van der Waals surface area contributed by atoms with E-state index in [9.17, 15) is 9.18 Å². The van der Waals surface area contributed by atoms with Crippen molar-refractivity contribution in [2.75, 3.05) is 18.4 Å². The first-order valence-electron chi connectivity index (χ1n) is 9.83. The van der Waals surface area contributed by atoms with Crippen LogP contribution in [0.5, 0.6) is 0 Å². The molecule has 4 rings (SSSR count). The maximum atomic E-state index is 13.3. The van der Waals surface area contributed by atoms with E-state index in [0.29, 0.717) is 30.3 Å². The Morgan fingerprint density at radius 3 is 2.52 bits per heavy atom. The van der Waals surface area contributed by atoms with Crippen molar-refractivity contribution in [3.05, 3.63) is 86.3 Å². The highest BCUT2D eigenvalue weighted by Gasteiger charge is 2.27. The van der Waals surface area contributed by atoms with Crippen LogP contribution < -0.4 is 5.32 Å². The lowest BCUT2D eigenvalue weighted by molar-refractivity contribution is 0.0713. The highest BCUT2D eigenvalue weighted by atomic mass is 79.9. The van der Waals surface area contributed by atoms with E-state index < -0.39 is 0 Å². The van der Waals surface area contributed by atoms with Crippen molar-refractivity contribution in [2.45, 2.75) is 18.8 Å².